The minimum Gasteiger partial charge on any atom is -0.378 e. The lowest BCUT2D eigenvalue weighted by Crippen LogP contribution is -2.36. The number of aromatic nitrogens is 1. The molecule has 158 valence electrons. The van der Waals surface area contributed by atoms with Crippen LogP contribution in [0.5, 0.6) is 0 Å². The van der Waals surface area contributed by atoms with E-state index in [1.807, 2.05) is 12.1 Å². The molecule has 3 N–H and O–H groups in total. The van der Waals surface area contributed by atoms with Gasteiger partial charge in [-0.15, -0.1) is 0 Å². The van der Waals surface area contributed by atoms with Gasteiger partial charge in [0, 0.05) is 37.9 Å². The number of carbonyl (C=O) groups is 2. The number of hydrogen-bond acceptors (Lipinski definition) is 6. The van der Waals surface area contributed by atoms with Crippen LogP contribution in [0.2, 0.25) is 0 Å². The maximum atomic E-state index is 12.9. The van der Waals surface area contributed by atoms with Gasteiger partial charge < -0.3 is 25.6 Å². The Bertz CT molecular complexity index is 903. The van der Waals surface area contributed by atoms with Crippen molar-refractivity contribution in [2.24, 2.45) is 5.73 Å². The number of piperidine rings is 1. The van der Waals surface area contributed by atoms with Crippen LogP contribution in [-0.2, 0) is 4.74 Å². The van der Waals surface area contributed by atoms with Crippen LogP contribution in [0.25, 0.3) is 0 Å². The third-order valence-corrected chi connectivity index (χ3v) is 5.57. The van der Waals surface area contributed by atoms with E-state index >= 15 is 0 Å². The summed E-state index contributed by atoms with van der Waals surface area (Å²) >= 11 is 0. The minimum atomic E-state index is -0.521. The number of anilines is 3. The van der Waals surface area contributed by atoms with Crippen LogP contribution in [0.1, 0.15) is 40.0 Å². The van der Waals surface area contributed by atoms with Crippen LogP contribution >= 0.6 is 0 Å². The average molecular weight is 409 g/mol. The van der Waals surface area contributed by atoms with Gasteiger partial charge in [0.1, 0.15) is 5.82 Å². The van der Waals surface area contributed by atoms with Crippen LogP contribution < -0.4 is 20.9 Å². The van der Waals surface area contributed by atoms with Crippen LogP contribution in [0.4, 0.5) is 17.2 Å². The van der Waals surface area contributed by atoms with Crippen LogP contribution in [-0.4, -0.2) is 56.2 Å². The van der Waals surface area contributed by atoms with E-state index in [1.54, 1.807) is 24.4 Å². The third kappa shape index (κ3) is 4.54. The van der Waals surface area contributed by atoms with E-state index in [9.17, 15) is 9.59 Å². The molecule has 1 aromatic heterocycles. The lowest BCUT2D eigenvalue weighted by atomic mass is 10.1. The standard InChI is InChI=1S/C22H27N5O3/c23-21(28)16-4-6-19(26-8-2-1-3-9-26)18(14-16)25-22(29)17-5-7-20(24-15-17)27-10-12-30-13-11-27/h4-7,14-15H,1-3,8-13H2,(H2,23,28)(H,25,29). The second kappa shape index (κ2) is 9.13. The van der Waals surface area contributed by atoms with Crippen molar-refractivity contribution >= 4 is 29.0 Å². The van der Waals surface area contributed by atoms with Crippen molar-refractivity contribution in [3.05, 3.63) is 47.7 Å². The molecule has 0 radical (unpaired) electrons. The summed E-state index contributed by atoms with van der Waals surface area (Å²) in [5.41, 5.74) is 7.78. The van der Waals surface area contributed by atoms with E-state index in [2.05, 4.69) is 20.1 Å². The number of rotatable bonds is 5. The number of ether oxygens (including phenoxy) is 1. The second-order valence-electron chi connectivity index (χ2n) is 7.60. The highest BCUT2D eigenvalue weighted by molar-refractivity contribution is 6.07. The van der Waals surface area contributed by atoms with Gasteiger partial charge in [-0.25, -0.2) is 4.98 Å². The van der Waals surface area contributed by atoms with Crippen molar-refractivity contribution in [1.29, 1.82) is 0 Å². The predicted octanol–water partition coefficient (Wildman–Crippen LogP) is 2.26. The van der Waals surface area contributed by atoms with E-state index in [0.29, 0.717) is 30.0 Å². The Hall–Kier alpha value is -3.13. The summed E-state index contributed by atoms with van der Waals surface area (Å²) in [6.07, 6.45) is 5.01. The van der Waals surface area contributed by atoms with Gasteiger partial charge >= 0.3 is 0 Å². The zero-order valence-corrected chi connectivity index (χ0v) is 17.0. The molecular formula is C22H27N5O3. The Morgan fingerprint density at radius 3 is 2.33 bits per heavy atom. The van der Waals surface area contributed by atoms with Gasteiger partial charge in [-0.2, -0.15) is 0 Å². The first kappa shape index (κ1) is 20.2. The summed E-state index contributed by atoms with van der Waals surface area (Å²) in [5.74, 6) is 0.0442. The minimum absolute atomic E-state index is 0.268. The fourth-order valence-corrected chi connectivity index (χ4v) is 3.89. The normalized spacial score (nSPS) is 16.9. The summed E-state index contributed by atoms with van der Waals surface area (Å²) in [6, 6.07) is 8.85. The number of benzene rings is 1. The van der Waals surface area contributed by atoms with Crippen molar-refractivity contribution in [2.75, 3.05) is 54.5 Å². The maximum Gasteiger partial charge on any atom is 0.257 e. The van der Waals surface area contributed by atoms with Crippen molar-refractivity contribution in [3.8, 4) is 0 Å². The van der Waals surface area contributed by atoms with Crippen molar-refractivity contribution < 1.29 is 14.3 Å². The molecular weight excluding hydrogens is 382 g/mol. The van der Waals surface area contributed by atoms with Gasteiger partial charge in [0.15, 0.2) is 0 Å². The molecule has 1 aromatic carbocycles. The Balaban J connectivity index is 1.53. The second-order valence-corrected chi connectivity index (χ2v) is 7.60. The molecule has 2 fully saturated rings. The Labute approximate surface area is 176 Å². The number of nitrogens with one attached hydrogen (secondary N) is 1. The van der Waals surface area contributed by atoms with Gasteiger partial charge in [-0.3, -0.25) is 9.59 Å². The van der Waals surface area contributed by atoms with Crippen molar-refractivity contribution in [3.63, 3.8) is 0 Å². The molecule has 0 aliphatic carbocycles. The molecule has 3 heterocycles. The number of hydrogen-bond donors (Lipinski definition) is 2. The smallest absolute Gasteiger partial charge is 0.257 e. The zero-order chi connectivity index (χ0) is 20.9. The predicted molar refractivity (Wildman–Crippen MR) is 116 cm³/mol. The van der Waals surface area contributed by atoms with Gasteiger partial charge in [0.25, 0.3) is 5.91 Å². The van der Waals surface area contributed by atoms with Crippen LogP contribution in [0, 0.1) is 0 Å². The Morgan fingerprint density at radius 1 is 0.933 bits per heavy atom. The van der Waals surface area contributed by atoms with Gasteiger partial charge in [-0.05, 0) is 49.6 Å². The first-order valence-corrected chi connectivity index (χ1v) is 10.4. The van der Waals surface area contributed by atoms with Crippen molar-refractivity contribution in [2.45, 2.75) is 19.3 Å². The fraction of sp³-hybridized carbons (Fsp3) is 0.409. The van der Waals surface area contributed by atoms with Gasteiger partial charge in [0.2, 0.25) is 5.91 Å². The molecule has 0 bridgehead atoms. The van der Waals surface area contributed by atoms with Crippen LogP contribution in [0.3, 0.4) is 0 Å². The van der Waals surface area contributed by atoms with E-state index < -0.39 is 5.91 Å². The maximum absolute atomic E-state index is 12.9. The molecule has 0 spiro atoms. The Morgan fingerprint density at radius 2 is 1.67 bits per heavy atom. The number of nitrogens with two attached hydrogens (primary N) is 1. The molecule has 2 aliphatic rings. The zero-order valence-electron chi connectivity index (χ0n) is 17.0. The lowest BCUT2D eigenvalue weighted by Gasteiger charge is -2.30. The molecule has 4 rings (SSSR count). The summed E-state index contributed by atoms with van der Waals surface area (Å²) in [4.78, 5) is 33.4. The highest BCUT2D eigenvalue weighted by Gasteiger charge is 2.19. The largest absolute Gasteiger partial charge is 0.378 e. The van der Waals surface area contributed by atoms with E-state index in [0.717, 1.165) is 50.5 Å². The summed E-state index contributed by atoms with van der Waals surface area (Å²) < 4.78 is 5.37. The molecule has 8 heteroatoms. The average Bonchev–Trinajstić information content (AvgIpc) is 2.80. The topological polar surface area (TPSA) is 101 Å². The molecule has 0 saturated carbocycles. The number of primary amides is 1. The first-order chi connectivity index (χ1) is 14.6. The number of amides is 2. The van der Waals surface area contributed by atoms with Crippen LogP contribution in [0.15, 0.2) is 36.5 Å². The number of nitrogens with zero attached hydrogens (tertiary/aromatic N) is 3. The molecule has 2 saturated heterocycles. The molecule has 0 atom stereocenters. The molecule has 30 heavy (non-hydrogen) atoms. The first-order valence-electron chi connectivity index (χ1n) is 10.4. The van der Waals surface area contributed by atoms with E-state index in [4.69, 9.17) is 10.5 Å². The quantitative estimate of drug-likeness (QED) is 0.786. The number of morpholine rings is 1. The van der Waals surface area contributed by atoms with Gasteiger partial charge in [0.05, 0.1) is 30.2 Å². The SMILES string of the molecule is NC(=O)c1ccc(N2CCCCC2)c(NC(=O)c2ccc(N3CCOCC3)nc2)c1. The number of pyridine rings is 1. The lowest BCUT2D eigenvalue weighted by molar-refractivity contribution is 0.0996. The molecule has 0 unspecified atom stereocenters. The summed E-state index contributed by atoms with van der Waals surface area (Å²) in [7, 11) is 0. The Kier molecular flexibility index (Phi) is 6.13. The van der Waals surface area contributed by atoms with Gasteiger partial charge in [-0.1, -0.05) is 0 Å². The number of carbonyl (C=O) groups excluding carboxylic acids is 2. The van der Waals surface area contributed by atoms with Crippen molar-refractivity contribution in [1.82, 2.24) is 4.98 Å². The summed E-state index contributed by atoms with van der Waals surface area (Å²) in [6.45, 7) is 4.79. The molecule has 2 aromatic rings. The molecule has 2 amide bonds. The summed E-state index contributed by atoms with van der Waals surface area (Å²) in [5, 5.41) is 2.96. The fourth-order valence-electron chi connectivity index (χ4n) is 3.89. The highest BCUT2D eigenvalue weighted by Crippen LogP contribution is 2.30. The monoisotopic (exact) mass is 409 g/mol. The molecule has 8 nitrogen and oxygen atoms in total. The molecule has 2 aliphatic heterocycles. The van der Waals surface area contributed by atoms with E-state index in [1.165, 1.54) is 6.42 Å². The van der Waals surface area contributed by atoms with E-state index in [-0.39, 0.29) is 5.91 Å². The highest BCUT2D eigenvalue weighted by atomic mass is 16.5. The third-order valence-electron chi connectivity index (χ3n) is 5.57.